The van der Waals surface area contributed by atoms with Crippen LogP contribution in [-0.4, -0.2) is 37.0 Å². The van der Waals surface area contributed by atoms with Crippen molar-refractivity contribution in [1.82, 2.24) is 0 Å². The molecule has 34 valence electrons. The van der Waals surface area contributed by atoms with Crippen LogP contribution < -0.4 is 5.90 Å². The summed E-state index contributed by atoms with van der Waals surface area (Å²) in [5.41, 5.74) is 0. The molecule has 3 N–H and O–H groups in total. The zero-order chi connectivity index (χ0) is 4.28. The minimum absolute atomic E-state index is 0. The second kappa shape index (κ2) is 5.34. The van der Waals surface area contributed by atoms with Gasteiger partial charge in [-0.15, -0.1) is 0 Å². The standard InChI is InChI=1S/Mg.H3NO3Si.2H/c;1-4-5(2)3;;/h;2H,1H2;;. The Hall–Kier alpha value is 0.343. The van der Waals surface area contributed by atoms with E-state index in [2.05, 4.69) is 10.4 Å². The van der Waals surface area contributed by atoms with Crippen molar-refractivity contribution in [3.63, 3.8) is 0 Å². The van der Waals surface area contributed by atoms with Gasteiger partial charge in [-0.25, -0.2) is 0 Å². The summed E-state index contributed by atoms with van der Waals surface area (Å²) in [4.78, 5) is 7.56. The van der Waals surface area contributed by atoms with Gasteiger partial charge in [0.2, 0.25) is 0 Å². The summed E-state index contributed by atoms with van der Waals surface area (Å²) in [6.45, 7) is 0. The van der Waals surface area contributed by atoms with Crippen LogP contribution in [0.5, 0.6) is 0 Å². The molecule has 0 aromatic rings. The monoisotopic (exact) mass is 119 g/mol. The number of rotatable bonds is 1. The molecular formula is H5MgNO3Si. The molecule has 0 amide bonds. The molecule has 0 aromatic carbocycles. The summed E-state index contributed by atoms with van der Waals surface area (Å²) in [6.07, 6.45) is 0. The summed E-state index contributed by atoms with van der Waals surface area (Å²) in [7, 11) is -2.85. The summed E-state index contributed by atoms with van der Waals surface area (Å²) < 4.78 is 12.6. The van der Waals surface area contributed by atoms with E-state index in [0.717, 1.165) is 0 Å². The Morgan fingerprint density at radius 3 is 2.00 bits per heavy atom. The summed E-state index contributed by atoms with van der Waals surface area (Å²) in [6, 6.07) is 0. The van der Waals surface area contributed by atoms with Crippen LogP contribution in [0, 0.1) is 0 Å². The highest BCUT2D eigenvalue weighted by Crippen LogP contribution is 1.44. The Balaban J connectivity index is 0. The maximum absolute atomic E-state index is 9.21. The molecule has 0 rings (SSSR count). The van der Waals surface area contributed by atoms with Gasteiger partial charge in [-0.3, -0.25) is 4.46 Å². The molecule has 0 radical (unpaired) electrons. The van der Waals surface area contributed by atoms with Crippen LogP contribution in [0.25, 0.3) is 0 Å². The second-order valence-corrected chi connectivity index (χ2v) is 1.15. The molecule has 6 heavy (non-hydrogen) atoms. The van der Waals surface area contributed by atoms with Gasteiger partial charge in [-0.2, -0.15) is 5.90 Å². The SMILES string of the molecule is NO[Si](=O)O.[MgH2]. The highest BCUT2D eigenvalue weighted by molar-refractivity contribution is 6.23. The fourth-order valence-corrected chi connectivity index (χ4v) is 0. The molecule has 0 aromatic heterocycles. The Bertz CT molecular complexity index is 46.1. The van der Waals surface area contributed by atoms with Gasteiger partial charge in [0.25, 0.3) is 0 Å². The molecule has 4 nitrogen and oxygen atoms in total. The lowest BCUT2D eigenvalue weighted by Crippen LogP contribution is -2.10. The van der Waals surface area contributed by atoms with Crippen LogP contribution in [0.15, 0.2) is 0 Å². The maximum Gasteiger partial charge on any atom is 0.785 e. The number of hydrogen-bond acceptors (Lipinski definition) is 3. The highest BCUT2D eigenvalue weighted by atomic mass is 28.3. The van der Waals surface area contributed by atoms with Gasteiger partial charge in [-0.1, -0.05) is 0 Å². The van der Waals surface area contributed by atoms with Crippen molar-refractivity contribution >= 4 is 32.2 Å². The Morgan fingerprint density at radius 2 is 2.00 bits per heavy atom. The van der Waals surface area contributed by atoms with Gasteiger partial charge in [0.05, 0.1) is 0 Å². The van der Waals surface area contributed by atoms with Gasteiger partial charge in [0.15, 0.2) is 0 Å². The summed E-state index contributed by atoms with van der Waals surface area (Å²) in [5.74, 6) is 4.15. The lowest BCUT2D eigenvalue weighted by atomic mass is 13.6. The third kappa shape index (κ3) is 8.84. The van der Waals surface area contributed by atoms with E-state index in [-0.39, 0.29) is 23.1 Å². The van der Waals surface area contributed by atoms with Crippen molar-refractivity contribution in [2.24, 2.45) is 5.90 Å². The fourth-order valence-electron chi connectivity index (χ4n) is 0. The lowest BCUT2D eigenvalue weighted by molar-refractivity contribution is 0.230. The van der Waals surface area contributed by atoms with Gasteiger partial charge in [-0.05, 0) is 0 Å². The zero-order valence-corrected chi connectivity index (χ0v) is 3.34. The first-order valence-electron chi connectivity index (χ1n) is 0.868. The third-order valence-electron chi connectivity index (χ3n) is 0.101. The van der Waals surface area contributed by atoms with Crippen molar-refractivity contribution in [3.05, 3.63) is 0 Å². The van der Waals surface area contributed by atoms with E-state index in [4.69, 9.17) is 4.80 Å². The molecule has 0 saturated carbocycles. The molecule has 6 heteroatoms. The minimum Gasteiger partial charge on any atom is -0.511 e. The molecular weight excluding hydrogens is 114 g/mol. The van der Waals surface area contributed by atoms with Crippen molar-refractivity contribution in [1.29, 1.82) is 0 Å². The van der Waals surface area contributed by atoms with E-state index < -0.39 is 9.17 Å². The van der Waals surface area contributed by atoms with Gasteiger partial charge in [0, 0.05) is 0 Å². The molecule has 0 fully saturated rings. The minimum atomic E-state index is -2.85. The molecule has 0 atom stereocenters. The molecule has 0 aliphatic carbocycles. The van der Waals surface area contributed by atoms with Gasteiger partial charge in [0.1, 0.15) is 0 Å². The summed E-state index contributed by atoms with van der Waals surface area (Å²) >= 11 is 0. The van der Waals surface area contributed by atoms with Crippen LogP contribution in [-0.2, 0) is 8.99 Å². The predicted molar refractivity (Wildman–Crippen MR) is 22.5 cm³/mol. The van der Waals surface area contributed by atoms with E-state index in [1.54, 1.807) is 0 Å². The third-order valence-corrected chi connectivity index (χ3v) is 0.302. The maximum atomic E-state index is 9.21. The fraction of sp³-hybridized carbons (Fsp3) is 0. The van der Waals surface area contributed by atoms with Gasteiger partial charge >= 0.3 is 32.2 Å². The smallest absolute Gasteiger partial charge is 0.511 e. The van der Waals surface area contributed by atoms with Crippen LogP contribution in [0.2, 0.25) is 0 Å². The normalized spacial score (nSPS) is 5.50. The first-order valence-corrected chi connectivity index (χ1v) is 2.13. The first-order chi connectivity index (χ1) is 2.27. The molecule has 0 aliphatic rings. The molecule has 0 heterocycles. The highest BCUT2D eigenvalue weighted by Gasteiger charge is 1.95. The second-order valence-electron chi connectivity index (χ2n) is 0.384. The van der Waals surface area contributed by atoms with E-state index in [1.807, 2.05) is 0 Å². The van der Waals surface area contributed by atoms with Crippen molar-refractivity contribution in [2.45, 2.75) is 0 Å². The van der Waals surface area contributed by atoms with E-state index >= 15 is 0 Å². The lowest BCUT2D eigenvalue weighted by Gasteiger charge is -1.76. The Kier molecular flexibility index (Phi) is 8.55. The van der Waals surface area contributed by atoms with Crippen LogP contribution in [0.4, 0.5) is 0 Å². The number of nitrogens with two attached hydrogens (primary N) is 1. The quantitative estimate of drug-likeness (QED) is 0.293. The van der Waals surface area contributed by atoms with Crippen LogP contribution in [0.3, 0.4) is 0 Å². The number of hydrogen-bond donors (Lipinski definition) is 2. The van der Waals surface area contributed by atoms with E-state index in [9.17, 15) is 4.46 Å². The predicted octanol–water partition coefficient (Wildman–Crippen LogP) is -2.63. The Morgan fingerprint density at radius 1 is 1.83 bits per heavy atom. The zero-order valence-electron chi connectivity index (χ0n) is 2.34. The Labute approximate surface area is 52.3 Å². The van der Waals surface area contributed by atoms with Crippen molar-refractivity contribution in [3.8, 4) is 0 Å². The van der Waals surface area contributed by atoms with Crippen molar-refractivity contribution in [2.75, 3.05) is 0 Å². The molecule has 0 bridgehead atoms. The van der Waals surface area contributed by atoms with E-state index in [0.29, 0.717) is 0 Å². The topological polar surface area (TPSA) is 72.5 Å². The first kappa shape index (κ1) is 9.60. The van der Waals surface area contributed by atoms with E-state index in [1.165, 1.54) is 0 Å². The van der Waals surface area contributed by atoms with Crippen LogP contribution in [0.1, 0.15) is 0 Å². The average molecular weight is 119 g/mol. The molecule has 0 spiro atoms. The largest absolute Gasteiger partial charge is 0.785 e. The van der Waals surface area contributed by atoms with Crippen LogP contribution >= 0.6 is 0 Å². The summed E-state index contributed by atoms with van der Waals surface area (Å²) in [5, 5.41) is 0. The molecule has 0 saturated heterocycles. The molecule has 0 aliphatic heterocycles. The molecule has 0 unspecified atom stereocenters. The van der Waals surface area contributed by atoms with Gasteiger partial charge < -0.3 is 9.32 Å². The van der Waals surface area contributed by atoms with Crippen molar-refractivity contribution < 1.29 is 13.8 Å². The average Bonchev–Trinajstić information content (AvgIpc) is 1.38.